The van der Waals surface area contributed by atoms with E-state index >= 15 is 0 Å². The molecule has 1 aliphatic carbocycles. The number of fused-ring (bicyclic) bond motifs is 1. The zero-order chi connectivity index (χ0) is 13.2. The van der Waals surface area contributed by atoms with Gasteiger partial charge in [0, 0.05) is 22.4 Å². The van der Waals surface area contributed by atoms with E-state index in [1.807, 2.05) is 0 Å². The minimum atomic E-state index is 0.579. The molecule has 19 heavy (non-hydrogen) atoms. The molecule has 1 N–H and O–H groups in total. The Morgan fingerprint density at radius 2 is 2.32 bits per heavy atom. The molecule has 1 heterocycles. The second-order valence-corrected chi connectivity index (χ2v) is 7.07. The maximum Gasteiger partial charge on any atom is 0.0897 e. The molecule has 0 spiro atoms. The van der Waals surface area contributed by atoms with Crippen LogP contribution in [0, 0.1) is 6.92 Å². The fourth-order valence-electron chi connectivity index (χ4n) is 2.64. The molecule has 0 saturated carbocycles. The third kappa shape index (κ3) is 3.25. The highest BCUT2D eigenvalue weighted by molar-refractivity contribution is 9.10. The van der Waals surface area contributed by atoms with E-state index in [4.69, 9.17) is 0 Å². The normalized spacial score (nSPS) is 18.3. The maximum absolute atomic E-state index is 4.50. The predicted octanol–water partition coefficient (Wildman–Crippen LogP) is 3.86. The predicted molar refractivity (Wildman–Crippen MR) is 83.6 cm³/mol. The third-order valence-electron chi connectivity index (χ3n) is 3.64. The van der Waals surface area contributed by atoms with Crippen molar-refractivity contribution < 1.29 is 0 Å². The first kappa shape index (κ1) is 13.3. The van der Waals surface area contributed by atoms with Gasteiger partial charge in [-0.1, -0.05) is 22.0 Å². The molecule has 0 amide bonds. The molecule has 1 unspecified atom stereocenters. The summed E-state index contributed by atoms with van der Waals surface area (Å²) < 4.78 is 1.19. The van der Waals surface area contributed by atoms with Gasteiger partial charge in [-0.25, -0.2) is 4.98 Å². The lowest BCUT2D eigenvalue weighted by atomic mass is 9.88. The van der Waals surface area contributed by atoms with E-state index < -0.39 is 0 Å². The molecule has 1 aromatic heterocycles. The number of benzene rings is 1. The summed E-state index contributed by atoms with van der Waals surface area (Å²) in [6, 6.07) is 7.23. The van der Waals surface area contributed by atoms with E-state index in [-0.39, 0.29) is 0 Å². The molecule has 2 nitrogen and oxygen atoms in total. The highest BCUT2D eigenvalue weighted by Gasteiger charge is 2.18. The van der Waals surface area contributed by atoms with Crippen LogP contribution in [-0.4, -0.2) is 11.0 Å². The van der Waals surface area contributed by atoms with Crippen LogP contribution in [0.5, 0.6) is 0 Å². The molecule has 100 valence electrons. The number of aryl methyl sites for hydroxylation is 2. The Balaban J connectivity index is 1.61. The number of thiazole rings is 1. The fourth-order valence-corrected chi connectivity index (χ4v) is 3.66. The highest BCUT2D eigenvalue weighted by Crippen LogP contribution is 2.25. The van der Waals surface area contributed by atoms with Crippen molar-refractivity contribution >= 4 is 27.3 Å². The quantitative estimate of drug-likeness (QED) is 0.920. The standard InChI is InChI=1S/C15H17BrN2S/c1-10-18-15(9-19-10)8-17-14-5-3-11-6-13(16)4-2-12(11)7-14/h2,4,6,9,14,17H,3,5,7-8H2,1H3. The smallest absolute Gasteiger partial charge is 0.0897 e. The molecule has 0 radical (unpaired) electrons. The van der Waals surface area contributed by atoms with Crippen molar-refractivity contribution in [2.75, 3.05) is 0 Å². The number of hydrogen-bond acceptors (Lipinski definition) is 3. The summed E-state index contributed by atoms with van der Waals surface area (Å²) in [5.74, 6) is 0. The lowest BCUT2D eigenvalue weighted by molar-refractivity contribution is 0.455. The molecule has 1 atom stereocenters. The fraction of sp³-hybridized carbons (Fsp3) is 0.400. The molecular formula is C15H17BrN2S. The van der Waals surface area contributed by atoms with Gasteiger partial charge in [0.15, 0.2) is 0 Å². The van der Waals surface area contributed by atoms with Crippen LogP contribution in [0.2, 0.25) is 0 Å². The van der Waals surface area contributed by atoms with Gasteiger partial charge in [-0.15, -0.1) is 11.3 Å². The first-order valence-corrected chi connectivity index (χ1v) is 8.29. The number of halogens is 1. The number of nitrogens with one attached hydrogen (secondary N) is 1. The van der Waals surface area contributed by atoms with Gasteiger partial charge >= 0.3 is 0 Å². The molecular weight excluding hydrogens is 320 g/mol. The minimum absolute atomic E-state index is 0.579. The average Bonchev–Trinajstić information content (AvgIpc) is 2.82. The Kier molecular flexibility index (Phi) is 4.01. The van der Waals surface area contributed by atoms with Crippen LogP contribution < -0.4 is 5.32 Å². The molecule has 4 heteroatoms. The van der Waals surface area contributed by atoms with Crippen molar-refractivity contribution in [3.63, 3.8) is 0 Å². The largest absolute Gasteiger partial charge is 0.308 e. The van der Waals surface area contributed by atoms with E-state index in [2.05, 4.69) is 56.7 Å². The molecule has 2 aromatic rings. The summed E-state index contributed by atoms with van der Waals surface area (Å²) >= 11 is 5.27. The summed E-state index contributed by atoms with van der Waals surface area (Å²) in [5, 5.41) is 6.94. The van der Waals surface area contributed by atoms with Gasteiger partial charge in [-0.2, -0.15) is 0 Å². The topological polar surface area (TPSA) is 24.9 Å². The molecule has 1 aromatic carbocycles. The second kappa shape index (κ2) is 5.73. The Morgan fingerprint density at radius 3 is 3.11 bits per heavy atom. The third-order valence-corrected chi connectivity index (χ3v) is 4.95. The average molecular weight is 337 g/mol. The summed E-state index contributed by atoms with van der Waals surface area (Å²) in [6.07, 6.45) is 3.51. The van der Waals surface area contributed by atoms with Gasteiger partial charge in [0.2, 0.25) is 0 Å². The van der Waals surface area contributed by atoms with Gasteiger partial charge < -0.3 is 5.32 Å². The van der Waals surface area contributed by atoms with Crippen molar-refractivity contribution in [3.05, 3.63) is 49.9 Å². The van der Waals surface area contributed by atoms with E-state index in [0.29, 0.717) is 6.04 Å². The summed E-state index contributed by atoms with van der Waals surface area (Å²) in [7, 11) is 0. The van der Waals surface area contributed by atoms with Crippen molar-refractivity contribution in [1.29, 1.82) is 0 Å². The van der Waals surface area contributed by atoms with E-state index in [1.165, 1.54) is 34.1 Å². The summed E-state index contributed by atoms with van der Waals surface area (Å²) in [5.41, 5.74) is 4.16. The molecule has 0 saturated heterocycles. The van der Waals surface area contributed by atoms with Crippen LogP contribution in [0.4, 0.5) is 0 Å². The second-order valence-electron chi connectivity index (χ2n) is 5.09. The van der Waals surface area contributed by atoms with Crippen LogP contribution in [0.15, 0.2) is 28.1 Å². The Bertz CT molecular complexity index is 579. The van der Waals surface area contributed by atoms with Crippen molar-refractivity contribution in [2.45, 2.75) is 38.8 Å². The first-order valence-electron chi connectivity index (χ1n) is 6.62. The van der Waals surface area contributed by atoms with Crippen molar-refractivity contribution in [3.8, 4) is 0 Å². The molecule has 0 bridgehead atoms. The van der Waals surface area contributed by atoms with E-state index in [0.717, 1.165) is 18.0 Å². The monoisotopic (exact) mass is 336 g/mol. The molecule has 0 fully saturated rings. The SMILES string of the molecule is Cc1nc(CNC2CCc3cc(Br)ccc3C2)cs1. The molecule has 3 rings (SSSR count). The zero-order valence-corrected chi connectivity index (χ0v) is 13.4. The van der Waals surface area contributed by atoms with Gasteiger partial charge in [0.05, 0.1) is 10.7 Å². The zero-order valence-electron chi connectivity index (χ0n) is 10.9. The first-order chi connectivity index (χ1) is 9.20. The molecule has 1 aliphatic rings. The van der Waals surface area contributed by atoms with Crippen LogP contribution in [0.3, 0.4) is 0 Å². The number of hydrogen-bond donors (Lipinski definition) is 1. The van der Waals surface area contributed by atoms with Crippen molar-refractivity contribution in [1.82, 2.24) is 10.3 Å². The van der Waals surface area contributed by atoms with Crippen molar-refractivity contribution in [2.24, 2.45) is 0 Å². The van der Waals surface area contributed by atoms with Crippen LogP contribution >= 0.6 is 27.3 Å². The highest BCUT2D eigenvalue weighted by atomic mass is 79.9. The lowest BCUT2D eigenvalue weighted by Crippen LogP contribution is -2.34. The van der Waals surface area contributed by atoms with Gasteiger partial charge in [0.25, 0.3) is 0 Å². The van der Waals surface area contributed by atoms with Gasteiger partial charge in [-0.3, -0.25) is 0 Å². The van der Waals surface area contributed by atoms with Gasteiger partial charge in [0.1, 0.15) is 0 Å². The van der Waals surface area contributed by atoms with Crippen LogP contribution in [-0.2, 0) is 19.4 Å². The summed E-state index contributed by atoms with van der Waals surface area (Å²) in [6.45, 7) is 2.95. The summed E-state index contributed by atoms with van der Waals surface area (Å²) in [4.78, 5) is 4.50. The van der Waals surface area contributed by atoms with E-state index in [1.54, 1.807) is 11.3 Å². The Labute approximate surface area is 126 Å². The lowest BCUT2D eigenvalue weighted by Gasteiger charge is -2.25. The molecule has 0 aliphatic heterocycles. The Hall–Kier alpha value is -0.710. The number of rotatable bonds is 3. The Morgan fingerprint density at radius 1 is 1.42 bits per heavy atom. The number of nitrogens with zero attached hydrogens (tertiary/aromatic N) is 1. The maximum atomic E-state index is 4.50. The van der Waals surface area contributed by atoms with E-state index in [9.17, 15) is 0 Å². The minimum Gasteiger partial charge on any atom is -0.308 e. The number of aromatic nitrogens is 1. The van der Waals surface area contributed by atoms with Crippen LogP contribution in [0.1, 0.15) is 28.2 Å². The van der Waals surface area contributed by atoms with Crippen LogP contribution in [0.25, 0.3) is 0 Å². The van der Waals surface area contributed by atoms with Gasteiger partial charge in [-0.05, 0) is 49.4 Å².